The second kappa shape index (κ2) is 9.99. The molecule has 6 aromatic rings. The minimum absolute atomic E-state index is 0.0756. The van der Waals surface area contributed by atoms with E-state index in [1.54, 1.807) is 27.7 Å². The summed E-state index contributed by atoms with van der Waals surface area (Å²) in [5.74, 6) is -0.357. The number of nitrogen functional groups attached to an aromatic ring is 1. The van der Waals surface area contributed by atoms with Crippen LogP contribution < -0.4 is 16.6 Å². The van der Waals surface area contributed by atoms with E-state index >= 15 is 0 Å². The van der Waals surface area contributed by atoms with E-state index in [9.17, 15) is 9.59 Å². The van der Waals surface area contributed by atoms with Crippen molar-refractivity contribution < 1.29 is 4.79 Å². The highest BCUT2D eigenvalue weighted by atomic mass is 16.2. The number of nitrogens with two attached hydrogens (primary N) is 1. The second-order valence-corrected chi connectivity index (χ2v) is 9.45. The molecule has 2 aromatic carbocycles. The number of rotatable bonds is 6. The van der Waals surface area contributed by atoms with Crippen molar-refractivity contribution in [2.24, 2.45) is 7.05 Å². The molecule has 0 radical (unpaired) electrons. The van der Waals surface area contributed by atoms with Crippen LogP contribution in [-0.2, 0) is 7.05 Å². The Labute approximate surface area is 229 Å². The molecule has 0 fully saturated rings. The zero-order chi connectivity index (χ0) is 27.8. The number of carbonyl (C=O) groups excluding carboxylic acids is 1. The van der Waals surface area contributed by atoms with Gasteiger partial charge in [0.25, 0.3) is 11.5 Å². The summed E-state index contributed by atoms with van der Waals surface area (Å²) >= 11 is 0. The monoisotopic (exact) mass is 530 g/mol. The van der Waals surface area contributed by atoms with Crippen molar-refractivity contribution in [3.8, 4) is 5.69 Å². The standard InChI is InChI=1S/C30H26N8O2/c1-19(33-29(39)26-27(31)35-37-16-7-15-32-28(26)37)24-18-21-9-6-8-20(12-13-22-14-17-36(2)34-22)25(21)30(40)38(24)23-10-4-3-5-11-23/h3-19H,1-2H3,(H2,31,35)(H,33,39). The van der Waals surface area contributed by atoms with Gasteiger partial charge in [-0.15, -0.1) is 5.10 Å². The quantitative estimate of drug-likeness (QED) is 0.335. The molecule has 1 unspecified atom stereocenters. The van der Waals surface area contributed by atoms with Gasteiger partial charge in [-0.3, -0.25) is 18.8 Å². The number of aromatic nitrogens is 6. The number of nitrogens with one attached hydrogen (secondary N) is 1. The number of carbonyl (C=O) groups is 1. The third-order valence-electron chi connectivity index (χ3n) is 6.73. The van der Waals surface area contributed by atoms with Gasteiger partial charge in [-0.2, -0.15) is 5.10 Å². The van der Waals surface area contributed by atoms with Crippen LogP contribution in [0.3, 0.4) is 0 Å². The molecule has 0 aliphatic heterocycles. The summed E-state index contributed by atoms with van der Waals surface area (Å²) in [6.07, 6.45) is 8.89. The number of para-hydroxylation sites is 1. The summed E-state index contributed by atoms with van der Waals surface area (Å²) in [4.78, 5) is 31.9. The molecule has 6 rings (SSSR count). The number of pyridine rings is 1. The Kier molecular flexibility index (Phi) is 6.19. The van der Waals surface area contributed by atoms with Crippen LogP contribution in [-0.4, -0.2) is 34.9 Å². The molecule has 10 heteroatoms. The average Bonchev–Trinajstić information content (AvgIpc) is 3.53. The molecule has 4 aromatic heterocycles. The first kappa shape index (κ1) is 24.8. The molecular weight excluding hydrogens is 504 g/mol. The molecule has 4 heterocycles. The first-order chi connectivity index (χ1) is 19.4. The Balaban J connectivity index is 1.46. The normalized spacial score (nSPS) is 12.3. The summed E-state index contributed by atoms with van der Waals surface area (Å²) < 4.78 is 4.83. The van der Waals surface area contributed by atoms with Gasteiger partial charge < -0.3 is 11.1 Å². The third-order valence-corrected chi connectivity index (χ3v) is 6.73. The number of amides is 1. The maximum absolute atomic E-state index is 14.2. The lowest BCUT2D eigenvalue weighted by atomic mass is 10.0. The van der Waals surface area contributed by atoms with Gasteiger partial charge in [-0.1, -0.05) is 42.5 Å². The molecule has 3 N–H and O–H groups in total. The van der Waals surface area contributed by atoms with E-state index in [1.165, 1.54) is 4.52 Å². The van der Waals surface area contributed by atoms with E-state index < -0.39 is 11.9 Å². The smallest absolute Gasteiger partial charge is 0.263 e. The summed E-state index contributed by atoms with van der Waals surface area (Å²) in [6.45, 7) is 1.83. The van der Waals surface area contributed by atoms with Crippen LogP contribution in [0.2, 0.25) is 0 Å². The Bertz CT molecular complexity index is 1970. The molecule has 1 atom stereocenters. The van der Waals surface area contributed by atoms with E-state index in [4.69, 9.17) is 5.73 Å². The molecule has 0 aliphatic rings. The Hall–Kier alpha value is -5.51. The SMILES string of the molecule is CC(NC(=O)c1c(N)nn2cccnc12)c1cc2cccc(C=Cc3ccn(C)n3)c2c(=O)n1-c1ccccc1. The largest absolute Gasteiger partial charge is 0.381 e. The maximum Gasteiger partial charge on any atom is 0.263 e. The molecule has 1 amide bonds. The number of aryl methyl sites for hydroxylation is 1. The minimum Gasteiger partial charge on any atom is -0.381 e. The van der Waals surface area contributed by atoms with E-state index in [0.29, 0.717) is 22.4 Å². The van der Waals surface area contributed by atoms with E-state index in [-0.39, 0.29) is 16.9 Å². The van der Waals surface area contributed by atoms with Gasteiger partial charge in [0.05, 0.1) is 17.1 Å². The Morgan fingerprint density at radius 2 is 1.82 bits per heavy atom. The van der Waals surface area contributed by atoms with Crippen LogP contribution in [0.4, 0.5) is 5.82 Å². The number of benzene rings is 2. The number of hydrogen-bond acceptors (Lipinski definition) is 6. The molecule has 0 spiro atoms. The highest BCUT2D eigenvalue weighted by molar-refractivity contribution is 6.04. The lowest BCUT2D eigenvalue weighted by molar-refractivity contribution is 0.0941. The molecular formula is C30H26N8O2. The number of fused-ring (bicyclic) bond motifs is 2. The van der Waals surface area contributed by atoms with E-state index in [0.717, 1.165) is 16.6 Å². The van der Waals surface area contributed by atoms with Gasteiger partial charge in [-0.25, -0.2) is 9.50 Å². The summed E-state index contributed by atoms with van der Waals surface area (Å²) in [5.41, 5.74) is 9.28. The summed E-state index contributed by atoms with van der Waals surface area (Å²) in [6, 6.07) is 20.1. The van der Waals surface area contributed by atoms with Gasteiger partial charge >= 0.3 is 0 Å². The summed E-state index contributed by atoms with van der Waals surface area (Å²) in [7, 11) is 1.86. The maximum atomic E-state index is 14.2. The van der Waals surface area contributed by atoms with Crippen molar-refractivity contribution in [2.45, 2.75) is 13.0 Å². The fraction of sp³-hybridized carbons (Fsp3) is 0.100. The zero-order valence-electron chi connectivity index (χ0n) is 21.9. The topological polar surface area (TPSA) is 125 Å². The minimum atomic E-state index is -0.560. The Morgan fingerprint density at radius 1 is 1.00 bits per heavy atom. The molecule has 0 saturated carbocycles. The van der Waals surface area contributed by atoms with Gasteiger partial charge in [0.15, 0.2) is 11.5 Å². The second-order valence-electron chi connectivity index (χ2n) is 9.45. The van der Waals surface area contributed by atoms with Gasteiger partial charge in [0.2, 0.25) is 0 Å². The molecule has 0 aliphatic carbocycles. The Morgan fingerprint density at radius 3 is 2.60 bits per heavy atom. The fourth-order valence-corrected chi connectivity index (χ4v) is 4.87. The molecule has 10 nitrogen and oxygen atoms in total. The van der Waals surface area contributed by atoms with Crippen LogP contribution in [0.5, 0.6) is 0 Å². The average molecular weight is 531 g/mol. The number of anilines is 1. The summed E-state index contributed by atoms with van der Waals surface area (Å²) in [5, 5.41) is 12.9. The zero-order valence-corrected chi connectivity index (χ0v) is 21.9. The lowest BCUT2D eigenvalue weighted by Crippen LogP contribution is -2.32. The van der Waals surface area contributed by atoms with Gasteiger partial charge in [0.1, 0.15) is 5.56 Å². The predicted octanol–water partition coefficient (Wildman–Crippen LogP) is 4.01. The highest BCUT2D eigenvalue weighted by Crippen LogP contribution is 2.25. The third kappa shape index (κ3) is 4.41. The van der Waals surface area contributed by atoms with Crippen molar-refractivity contribution in [3.05, 3.63) is 118 Å². The van der Waals surface area contributed by atoms with Gasteiger partial charge in [-0.05, 0) is 54.3 Å². The van der Waals surface area contributed by atoms with Crippen molar-refractivity contribution in [1.29, 1.82) is 0 Å². The fourth-order valence-electron chi connectivity index (χ4n) is 4.87. The first-order valence-corrected chi connectivity index (χ1v) is 12.7. The highest BCUT2D eigenvalue weighted by Gasteiger charge is 2.23. The molecule has 198 valence electrons. The molecule has 0 saturated heterocycles. The van der Waals surface area contributed by atoms with E-state index in [1.807, 2.05) is 93.0 Å². The number of hydrogen-bond donors (Lipinski definition) is 2. The molecule has 0 bridgehead atoms. The lowest BCUT2D eigenvalue weighted by Gasteiger charge is -2.21. The van der Waals surface area contributed by atoms with E-state index in [2.05, 4.69) is 20.5 Å². The van der Waals surface area contributed by atoms with Crippen LogP contribution in [0, 0.1) is 0 Å². The van der Waals surface area contributed by atoms with Crippen molar-refractivity contribution in [1.82, 2.24) is 34.3 Å². The van der Waals surface area contributed by atoms with Crippen molar-refractivity contribution in [3.63, 3.8) is 0 Å². The van der Waals surface area contributed by atoms with Crippen LogP contribution in [0.25, 0.3) is 34.3 Å². The van der Waals surface area contributed by atoms with Crippen molar-refractivity contribution >= 4 is 40.3 Å². The van der Waals surface area contributed by atoms with Crippen LogP contribution >= 0.6 is 0 Å². The number of nitrogens with zero attached hydrogens (tertiary/aromatic N) is 6. The van der Waals surface area contributed by atoms with Crippen LogP contribution in [0.1, 0.15) is 40.3 Å². The van der Waals surface area contributed by atoms with Crippen LogP contribution in [0.15, 0.2) is 90.1 Å². The van der Waals surface area contributed by atoms with Crippen molar-refractivity contribution in [2.75, 3.05) is 5.73 Å². The van der Waals surface area contributed by atoms with Gasteiger partial charge in [0, 0.05) is 37.0 Å². The predicted molar refractivity (Wildman–Crippen MR) is 155 cm³/mol. The first-order valence-electron chi connectivity index (χ1n) is 12.7. The molecule has 40 heavy (non-hydrogen) atoms.